The summed E-state index contributed by atoms with van der Waals surface area (Å²) >= 11 is 5.63. The molecule has 0 amide bonds. The van der Waals surface area contributed by atoms with Crippen LogP contribution in [0.15, 0.2) is 30.8 Å². The van der Waals surface area contributed by atoms with Crippen molar-refractivity contribution in [3.8, 4) is 17.4 Å². The maximum atomic E-state index is 9.74. The summed E-state index contributed by atoms with van der Waals surface area (Å²) in [6.45, 7) is 7.69. The van der Waals surface area contributed by atoms with Crippen molar-refractivity contribution in [2.45, 2.75) is 13.8 Å². The number of aromatic hydroxyl groups is 1. The summed E-state index contributed by atoms with van der Waals surface area (Å²) in [7, 11) is 0. The Morgan fingerprint density at radius 1 is 1.37 bits per heavy atom. The fourth-order valence-corrected chi connectivity index (χ4v) is 1.78. The normalized spacial score (nSPS) is 10.3. The first-order valence-corrected chi connectivity index (χ1v) is 6.02. The van der Waals surface area contributed by atoms with E-state index in [-0.39, 0.29) is 16.8 Å². The molecule has 98 valence electrons. The lowest BCUT2D eigenvalue weighted by Gasteiger charge is -2.13. The van der Waals surface area contributed by atoms with Crippen LogP contribution in [-0.2, 0) is 0 Å². The second kappa shape index (κ2) is 5.28. The molecule has 0 atom stereocenters. The number of benzene rings is 1. The molecule has 5 heteroatoms. The second-order valence-corrected chi connectivity index (χ2v) is 4.58. The van der Waals surface area contributed by atoms with Crippen LogP contribution in [0.1, 0.15) is 18.1 Å². The number of hydrogen-bond donors (Lipinski definition) is 1. The van der Waals surface area contributed by atoms with E-state index < -0.39 is 0 Å². The van der Waals surface area contributed by atoms with Crippen LogP contribution in [0, 0.1) is 6.92 Å². The van der Waals surface area contributed by atoms with Crippen molar-refractivity contribution in [1.29, 1.82) is 0 Å². The fourth-order valence-electron chi connectivity index (χ4n) is 1.64. The highest BCUT2D eigenvalue weighted by molar-refractivity contribution is 6.29. The molecule has 0 saturated carbocycles. The van der Waals surface area contributed by atoms with Crippen LogP contribution in [0.5, 0.6) is 17.4 Å². The molecule has 19 heavy (non-hydrogen) atoms. The number of ether oxygens (including phenoxy) is 1. The number of para-hydroxylation sites is 1. The minimum Gasteiger partial charge on any atom is -0.503 e. The van der Waals surface area contributed by atoms with Gasteiger partial charge in [-0.05, 0) is 25.0 Å². The molecule has 2 rings (SSSR count). The van der Waals surface area contributed by atoms with Crippen molar-refractivity contribution in [3.05, 3.63) is 47.1 Å². The summed E-state index contributed by atoms with van der Waals surface area (Å²) in [4.78, 5) is 0. The Labute approximate surface area is 116 Å². The number of rotatable bonds is 3. The Bertz CT molecular complexity index is 641. The van der Waals surface area contributed by atoms with E-state index in [0.717, 1.165) is 16.7 Å². The van der Waals surface area contributed by atoms with Gasteiger partial charge in [0, 0.05) is 11.6 Å². The van der Waals surface area contributed by atoms with E-state index in [1.165, 1.54) is 6.07 Å². The lowest BCUT2D eigenvalue weighted by molar-refractivity contribution is 0.389. The van der Waals surface area contributed by atoms with Gasteiger partial charge in [0.15, 0.2) is 10.9 Å². The van der Waals surface area contributed by atoms with E-state index in [1.807, 2.05) is 32.0 Å². The highest BCUT2D eigenvalue weighted by atomic mass is 35.5. The van der Waals surface area contributed by atoms with Gasteiger partial charge in [-0.2, -0.15) is 0 Å². The van der Waals surface area contributed by atoms with Crippen molar-refractivity contribution >= 4 is 17.2 Å². The first kappa shape index (κ1) is 13.4. The third-order valence-corrected chi connectivity index (χ3v) is 2.77. The van der Waals surface area contributed by atoms with Crippen LogP contribution >= 0.6 is 11.6 Å². The SMILES string of the molecule is C=C(C)c1cccc(C)c1Oc1nnc(Cl)cc1O. The lowest BCUT2D eigenvalue weighted by Crippen LogP contribution is -1.96. The molecule has 0 aliphatic heterocycles. The molecule has 2 aromatic rings. The first-order chi connectivity index (χ1) is 8.99. The van der Waals surface area contributed by atoms with Gasteiger partial charge in [0.2, 0.25) is 0 Å². The van der Waals surface area contributed by atoms with Crippen LogP contribution in [0.2, 0.25) is 5.15 Å². The van der Waals surface area contributed by atoms with Crippen molar-refractivity contribution in [3.63, 3.8) is 0 Å². The van der Waals surface area contributed by atoms with E-state index in [4.69, 9.17) is 16.3 Å². The summed E-state index contributed by atoms with van der Waals surface area (Å²) in [6, 6.07) is 7.00. The minimum atomic E-state index is -0.157. The number of allylic oxidation sites excluding steroid dienone is 1. The van der Waals surface area contributed by atoms with Gasteiger partial charge in [0.05, 0.1) is 0 Å². The van der Waals surface area contributed by atoms with Gasteiger partial charge < -0.3 is 9.84 Å². The number of halogens is 1. The van der Waals surface area contributed by atoms with Crippen LogP contribution in [0.3, 0.4) is 0 Å². The summed E-state index contributed by atoms with van der Waals surface area (Å²) in [5, 5.41) is 17.2. The number of aryl methyl sites for hydroxylation is 1. The zero-order chi connectivity index (χ0) is 14.0. The quantitative estimate of drug-likeness (QED) is 0.921. The summed E-state index contributed by atoms with van der Waals surface area (Å²) in [6.07, 6.45) is 0. The molecular formula is C14H13ClN2O2. The molecule has 0 spiro atoms. The summed E-state index contributed by atoms with van der Waals surface area (Å²) in [5.41, 5.74) is 2.63. The highest BCUT2D eigenvalue weighted by Gasteiger charge is 2.13. The molecule has 1 aromatic carbocycles. The molecule has 0 unspecified atom stereocenters. The van der Waals surface area contributed by atoms with Crippen molar-refractivity contribution in [1.82, 2.24) is 10.2 Å². The predicted octanol–water partition coefficient (Wildman–Crippen LogP) is 3.97. The number of hydrogen-bond acceptors (Lipinski definition) is 4. The van der Waals surface area contributed by atoms with Gasteiger partial charge in [-0.25, -0.2) is 0 Å². The van der Waals surface area contributed by atoms with Crippen molar-refractivity contribution in [2.24, 2.45) is 0 Å². The monoisotopic (exact) mass is 276 g/mol. The largest absolute Gasteiger partial charge is 0.503 e. The van der Waals surface area contributed by atoms with Gasteiger partial charge in [0.1, 0.15) is 5.75 Å². The molecule has 0 saturated heterocycles. The molecule has 0 radical (unpaired) electrons. The standard InChI is InChI=1S/C14H13ClN2O2/c1-8(2)10-6-4-5-9(3)13(10)19-14-11(18)7-12(15)16-17-14/h4-7H,1H2,2-3H3,(H,16,18). The van der Waals surface area contributed by atoms with Gasteiger partial charge in [-0.1, -0.05) is 36.4 Å². The minimum absolute atomic E-state index is 0.0150. The smallest absolute Gasteiger partial charge is 0.281 e. The van der Waals surface area contributed by atoms with Crippen LogP contribution in [0.4, 0.5) is 0 Å². The molecule has 0 aliphatic rings. The fraction of sp³-hybridized carbons (Fsp3) is 0.143. The number of nitrogens with zero attached hydrogens (tertiary/aromatic N) is 2. The van der Waals surface area contributed by atoms with E-state index >= 15 is 0 Å². The first-order valence-electron chi connectivity index (χ1n) is 5.64. The Hall–Kier alpha value is -2.07. The highest BCUT2D eigenvalue weighted by Crippen LogP contribution is 2.35. The average molecular weight is 277 g/mol. The van der Waals surface area contributed by atoms with Crippen molar-refractivity contribution < 1.29 is 9.84 Å². The van der Waals surface area contributed by atoms with Gasteiger partial charge in [-0.15, -0.1) is 10.2 Å². The topological polar surface area (TPSA) is 55.2 Å². The Balaban J connectivity index is 2.46. The van der Waals surface area contributed by atoms with E-state index in [2.05, 4.69) is 16.8 Å². The Kier molecular flexibility index (Phi) is 3.71. The summed E-state index contributed by atoms with van der Waals surface area (Å²) in [5.74, 6) is 0.457. The maximum Gasteiger partial charge on any atom is 0.281 e. The van der Waals surface area contributed by atoms with Gasteiger partial charge in [0.25, 0.3) is 5.88 Å². The van der Waals surface area contributed by atoms with Gasteiger partial charge in [-0.3, -0.25) is 0 Å². The summed E-state index contributed by atoms with van der Waals surface area (Å²) < 4.78 is 5.64. The Morgan fingerprint density at radius 3 is 2.74 bits per heavy atom. The van der Waals surface area contributed by atoms with Crippen LogP contribution in [0.25, 0.3) is 5.57 Å². The van der Waals surface area contributed by atoms with Gasteiger partial charge >= 0.3 is 0 Å². The third-order valence-electron chi connectivity index (χ3n) is 2.58. The zero-order valence-corrected chi connectivity index (χ0v) is 11.4. The molecule has 1 aromatic heterocycles. The molecule has 0 aliphatic carbocycles. The zero-order valence-electron chi connectivity index (χ0n) is 10.6. The molecule has 1 heterocycles. The predicted molar refractivity (Wildman–Crippen MR) is 74.7 cm³/mol. The molecule has 4 nitrogen and oxygen atoms in total. The van der Waals surface area contributed by atoms with Crippen LogP contribution < -0.4 is 4.74 Å². The third kappa shape index (κ3) is 2.85. The average Bonchev–Trinajstić information content (AvgIpc) is 2.34. The van der Waals surface area contributed by atoms with Crippen molar-refractivity contribution in [2.75, 3.05) is 0 Å². The van der Waals surface area contributed by atoms with E-state index in [1.54, 1.807) is 0 Å². The van der Waals surface area contributed by atoms with E-state index in [0.29, 0.717) is 5.75 Å². The number of aromatic nitrogens is 2. The Morgan fingerprint density at radius 2 is 2.11 bits per heavy atom. The van der Waals surface area contributed by atoms with Crippen LogP contribution in [-0.4, -0.2) is 15.3 Å². The second-order valence-electron chi connectivity index (χ2n) is 4.19. The van der Waals surface area contributed by atoms with E-state index in [9.17, 15) is 5.11 Å². The molecular weight excluding hydrogens is 264 g/mol. The maximum absolute atomic E-state index is 9.74. The molecule has 1 N–H and O–H groups in total. The molecule has 0 fully saturated rings. The lowest BCUT2D eigenvalue weighted by atomic mass is 10.0. The molecule has 0 bridgehead atoms.